The third kappa shape index (κ3) is 3.23. The number of rotatable bonds is 4. The summed E-state index contributed by atoms with van der Waals surface area (Å²) in [4.78, 5) is 2.24. The monoisotopic (exact) mass is 299 g/mol. The van der Waals surface area contributed by atoms with Crippen molar-refractivity contribution in [2.75, 3.05) is 30.3 Å². The van der Waals surface area contributed by atoms with Gasteiger partial charge in [0.2, 0.25) is 10.0 Å². The Kier molecular flexibility index (Phi) is 4.52. The highest BCUT2D eigenvalue weighted by atomic mass is 32.2. The predicted molar refractivity (Wildman–Crippen MR) is 79.2 cm³/mol. The van der Waals surface area contributed by atoms with Crippen molar-refractivity contribution in [1.82, 2.24) is 4.72 Å². The first kappa shape index (κ1) is 15.1. The molecule has 7 heteroatoms. The molecule has 0 radical (unpaired) electrons. The van der Waals surface area contributed by atoms with Crippen molar-refractivity contribution in [3.63, 3.8) is 0 Å². The van der Waals surface area contributed by atoms with Crippen LogP contribution in [0.3, 0.4) is 0 Å². The van der Waals surface area contributed by atoms with Crippen LogP contribution in [0, 0.1) is 0 Å². The van der Waals surface area contributed by atoms with Crippen LogP contribution in [0.4, 0.5) is 11.4 Å². The van der Waals surface area contributed by atoms with Gasteiger partial charge in [-0.05, 0) is 31.0 Å². The van der Waals surface area contributed by atoms with E-state index in [0.717, 1.165) is 5.69 Å². The number of hydrogen-bond acceptors (Lipinski definition) is 5. The van der Waals surface area contributed by atoms with E-state index in [0.29, 0.717) is 38.2 Å². The number of nitrogens with zero attached hydrogens (tertiary/aromatic N) is 1. The largest absolute Gasteiger partial charge is 0.397 e. The van der Waals surface area contributed by atoms with E-state index in [1.54, 1.807) is 19.1 Å². The second-order valence-electron chi connectivity index (χ2n) is 4.94. The molecule has 112 valence electrons. The standard InChI is InChI=1S/C13H21N3O3S/c1-2-15-20(18,19)11-3-4-12(14)13(9-11)16-7-5-10(17)6-8-16/h3-4,9-10,15,17H,2,5-8,14H2,1H3. The lowest BCUT2D eigenvalue weighted by molar-refractivity contribution is 0.145. The van der Waals surface area contributed by atoms with Crippen molar-refractivity contribution in [1.29, 1.82) is 0 Å². The molecule has 6 nitrogen and oxygen atoms in total. The fourth-order valence-electron chi connectivity index (χ4n) is 2.34. The second kappa shape index (κ2) is 5.99. The maximum atomic E-state index is 12.0. The fraction of sp³-hybridized carbons (Fsp3) is 0.538. The molecule has 0 bridgehead atoms. The van der Waals surface area contributed by atoms with E-state index < -0.39 is 10.0 Å². The molecule has 0 amide bonds. The molecule has 1 aromatic carbocycles. The minimum Gasteiger partial charge on any atom is -0.397 e. The molecule has 1 saturated heterocycles. The Labute approximate surface area is 119 Å². The summed E-state index contributed by atoms with van der Waals surface area (Å²) in [6.07, 6.45) is 1.06. The number of anilines is 2. The number of aliphatic hydroxyl groups excluding tert-OH is 1. The van der Waals surface area contributed by atoms with Gasteiger partial charge in [-0.2, -0.15) is 0 Å². The Balaban J connectivity index is 2.30. The molecule has 1 fully saturated rings. The van der Waals surface area contributed by atoms with Gasteiger partial charge in [0, 0.05) is 19.6 Å². The molecule has 0 unspecified atom stereocenters. The molecule has 4 N–H and O–H groups in total. The zero-order chi connectivity index (χ0) is 14.8. The topological polar surface area (TPSA) is 95.7 Å². The first-order chi connectivity index (χ1) is 9.44. The summed E-state index contributed by atoms with van der Waals surface area (Å²) in [6.45, 7) is 3.44. The predicted octanol–water partition coefficient (Wildman–Crippen LogP) is 0.528. The minimum absolute atomic E-state index is 0.217. The molecule has 1 heterocycles. The molecule has 0 spiro atoms. The first-order valence-electron chi connectivity index (χ1n) is 6.76. The van der Waals surface area contributed by atoms with E-state index in [2.05, 4.69) is 4.72 Å². The Bertz CT molecular complexity index is 566. The molecule has 0 saturated carbocycles. The van der Waals surface area contributed by atoms with E-state index in [9.17, 15) is 13.5 Å². The third-order valence-electron chi connectivity index (χ3n) is 3.45. The van der Waals surface area contributed by atoms with Crippen LogP contribution in [0.5, 0.6) is 0 Å². The van der Waals surface area contributed by atoms with Crippen molar-refractivity contribution in [3.05, 3.63) is 18.2 Å². The maximum absolute atomic E-state index is 12.0. The van der Waals surface area contributed by atoms with Crippen LogP contribution in [0.15, 0.2) is 23.1 Å². The van der Waals surface area contributed by atoms with Gasteiger partial charge < -0.3 is 15.7 Å². The van der Waals surface area contributed by atoms with Crippen LogP contribution in [-0.2, 0) is 10.0 Å². The second-order valence-corrected chi connectivity index (χ2v) is 6.71. The summed E-state index contributed by atoms with van der Waals surface area (Å²) in [5, 5.41) is 9.53. The lowest BCUT2D eigenvalue weighted by Gasteiger charge is -2.32. The number of nitrogens with two attached hydrogens (primary N) is 1. The number of piperidine rings is 1. The van der Waals surface area contributed by atoms with Crippen LogP contribution < -0.4 is 15.4 Å². The molecule has 20 heavy (non-hydrogen) atoms. The number of nitrogen functional groups attached to an aromatic ring is 1. The van der Waals surface area contributed by atoms with Gasteiger partial charge in [0.1, 0.15) is 0 Å². The van der Waals surface area contributed by atoms with E-state index in [1.165, 1.54) is 6.07 Å². The Morgan fingerprint density at radius 1 is 1.40 bits per heavy atom. The number of hydrogen-bond donors (Lipinski definition) is 3. The molecular formula is C13H21N3O3S. The normalized spacial score (nSPS) is 17.4. The van der Waals surface area contributed by atoms with Gasteiger partial charge in [-0.1, -0.05) is 6.92 Å². The number of aliphatic hydroxyl groups is 1. The molecule has 1 aromatic rings. The molecular weight excluding hydrogens is 278 g/mol. The van der Waals surface area contributed by atoms with Crippen LogP contribution in [0.2, 0.25) is 0 Å². The Morgan fingerprint density at radius 2 is 2.05 bits per heavy atom. The first-order valence-corrected chi connectivity index (χ1v) is 8.24. The van der Waals surface area contributed by atoms with Crippen LogP contribution in [0.25, 0.3) is 0 Å². The maximum Gasteiger partial charge on any atom is 0.240 e. The molecule has 0 aliphatic carbocycles. The highest BCUT2D eigenvalue weighted by molar-refractivity contribution is 7.89. The number of nitrogens with one attached hydrogen (secondary N) is 1. The van der Waals surface area contributed by atoms with E-state index in [-0.39, 0.29) is 11.0 Å². The minimum atomic E-state index is -3.48. The van der Waals surface area contributed by atoms with E-state index in [1.807, 2.05) is 4.90 Å². The average Bonchev–Trinajstić information content (AvgIpc) is 2.40. The van der Waals surface area contributed by atoms with Gasteiger partial charge in [-0.25, -0.2) is 13.1 Å². The summed E-state index contributed by atoms with van der Waals surface area (Å²) in [6, 6.07) is 4.73. The Hall–Kier alpha value is -1.31. The van der Waals surface area contributed by atoms with Crippen molar-refractivity contribution >= 4 is 21.4 Å². The molecule has 0 atom stereocenters. The van der Waals surface area contributed by atoms with Crippen LogP contribution >= 0.6 is 0 Å². The van der Waals surface area contributed by atoms with E-state index in [4.69, 9.17) is 5.73 Å². The van der Waals surface area contributed by atoms with Gasteiger partial charge >= 0.3 is 0 Å². The fourth-order valence-corrected chi connectivity index (χ4v) is 3.41. The van der Waals surface area contributed by atoms with Crippen LogP contribution in [-0.4, -0.2) is 39.3 Å². The quantitative estimate of drug-likeness (QED) is 0.705. The van der Waals surface area contributed by atoms with Gasteiger partial charge in [-0.3, -0.25) is 0 Å². The van der Waals surface area contributed by atoms with Gasteiger partial charge in [0.15, 0.2) is 0 Å². The zero-order valence-electron chi connectivity index (χ0n) is 11.5. The summed E-state index contributed by atoms with van der Waals surface area (Å²) in [5.74, 6) is 0. The smallest absolute Gasteiger partial charge is 0.240 e. The van der Waals surface area contributed by atoms with Crippen molar-refractivity contribution in [3.8, 4) is 0 Å². The average molecular weight is 299 g/mol. The Morgan fingerprint density at radius 3 is 2.65 bits per heavy atom. The summed E-state index contributed by atoms with van der Waals surface area (Å²) < 4.78 is 26.5. The highest BCUT2D eigenvalue weighted by Gasteiger charge is 2.21. The number of sulfonamides is 1. The molecule has 2 rings (SSSR count). The summed E-state index contributed by atoms with van der Waals surface area (Å²) >= 11 is 0. The molecule has 1 aliphatic rings. The van der Waals surface area contributed by atoms with Gasteiger partial charge in [0.25, 0.3) is 0 Å². The van der Waals surface area contributed by atoms with Crippen molar-refractivity contribution < 1.29 is 13.5 Å². The molecule has 1 aliphatic heterocycles. The van der Waals surface area contributed by atoms with Gasteiger partial charge in [-0.15, -0.1) is 0 Å². The lowest BCUT2D eigenvalue weighted by atomic mass is 10.1. The van der Waals surface area contributed by atoms with Crippen molar-refractivity contribution in [2.24, 2.45) is 0 Å². The lowest BCUT2D eigenvalue weighted by Crippen LogP contribution is -2.36. The van der Waals surface area contributed by atoms with Gasteiger partial charge in [0.05, 0.1) is 22.4 Å². The van der Waals surface area contributed by atoms with Crippen LogP contribution in [0.1, 0.15) is 19.8 Å². The van der Waals surface area contributed by atoms with Crippen molar-refractivity contribution in [2.45, 2.75) is 30.8 Å². The zero-order valence-corrected chi connectivity index (χ0v) is 12.4. The third-order valence-corrected chi connectivity index (χ3v) is 4.99. The SMILES string of the molecule is CCNS(=O)(=O)c1ccc(N)c(N2CCC(O)CC2)c1. The number of benzene rings is 1. The highest BCUT2D eigenvalue weighted by Crippen LogP contribution is 2.29. The summed E-state index contributed by atoms with van der Waals surface area (Å²) in [7, 11) is -3.48. The summed E-state index contributed by atoms with van der Waals surface area (Å²) in [5.41, 5.74) is 7.22. The van der Waals surface area contributed by atoms with E-state index >= 15 is 0 Å². The molecule has 0 aromatic heterocycles.